The van der Waals surface area contributed by atoms with Gasteiger partial charge in [0.1, 0.15) is 11.6 Å². The zero-order valence-corrected chi connectivity index (χ0v) is 12.1. The number of amides is 2. The van der Waals surface area contributed by atoms with Gasteiger partial charge in [0.25, 0.3) is 0 Å². The third-order valence-corrected chi connectivity index (χ3v) is 5.56. The molecule has 0 bridgehead atoms. The number of rotatable bonds is 3. The molecule has 0 aromatic carbocycles. The van der Waals surface area contributed by atoms with Crippen molar-refractivity contribution in [3.05, 3.63) is 0 Å². The van der Waals surface area contributed by atoms with Gasteiger partial charge in [0.05, 0.1) is 0 Å². The lowest BCUT2D eigenvalue weighted by molar-refractivity contribution is -0.158. The number of nitrogens with zero attached hydrogens (tertiary/aromatic N) is 1. The van der Waals surface area contributed by atoms with E-state index in [-0.39, 0.29) is 17.9 Å². The van der Waals surface area contributed by atoms with E-state index in [1.165, 1.54) is 19.3 Å². The number of piperazine rings is 1. The van der Waals surface area contributed by atoms with Crippen molar-refractivity contribution < 1.29 is 9.59 Å². The Morgan fingerprint density at radius 2 is 1.75 bits per heavy atom. The summed E-state index contributed by atoms with van der Waals surface area (Å²) < 4.78 is 0. The molecule has 1 N–H and O–H groups in total. The van der Waals surface area contributed by atoms with Gasteiger partial charge >= 0.3 is 0 Å². The predicted molar refractivity (Wildman–Crippen MR) is 74.9 cm³/mol. The molecule has 4 nitrogen and oxygen atoms in total. The molecule has 2 amide bonds. The highest BCUT2D eigenvalue weighted by Gasteiger charge is 2.55. The molecule has 1 atom stereocenters. The predicted octanol–water partition coefficient (Wildman–Crippen LogP) is 1.84. The Hall–Kier alpha value is -1.06. The van der Waals surface area contributed by atoms with Gasteiger partial charge in [-0.3, -0.25) is 9.59 Å². The molecule has 1 heterocycles. The normalized spacial score (nSPS) is 33.4. The Balaban J connectivity index is 1.62. The van der Waals surface area contributed by atoms with Crippen LogP contribution in [-0.4, -0.2) is 34.8 Å². The van der Waals surface area contributed by atoms with Gasteiger partial charge in [-0.2, -0.15) is 0 Å². The minimum absolute atomic E-state index is 0.134. The molecule has 4 fully saturated rings. The smallest absolute Gasteiger partial charge is 0.249 e. The Kier molecular flexibility index (Phi) is 2.83. The summed E-state index contributed by atoms with van der Waals surface area (Å²) in [6.07, 6.45) is 9.70. The molecule has 1 spiro atoms. The monoisotopic (exact) mass is 276 g/mol. The fourth-order valence-corrected chi connectivity index (χ4v) is 4.06. The summed E-state index contributed by atoms with van der Waals surface area (Å²) in [5.41, 5.74) is -0.546. The summed E-state index contributed by atoms with van der Waals surface area (Å²) in [5.74, 6) is 1.46. The summed E-state index contributed by atoms with van der Waals surface area (Å²) in [4.78, 5) is 27.7. The van der Waals surface area contributed by atoms with Crippen LogP contribution in [0, 0.1) is 11.8 Å². The van der Waals surface area contributed by atoms with Crippen LogP contribution in [0.25, 0.3) is 0 Å². The van der Waals surface area contributed by atoms with Crippen molar-refractivity contribution in [3.8, 4) is 0 Å². The summed E-state index contributed by atoms with van der Waals surface area (Å²) in [6.45, 7) is 0.829. The van der Waals surface area contributed by atoms with Crippen molar-refractivity contribution in [1.29, 1.82) is 0 Å². The fraction of sp³-hybridized carbons (Fsp3) is 0.875. The average molecular weight is 276 g/mol. The molecule has 4 heteroatoms. The van der Waals surface area contributed by atoms with E-state index in [2.05, 4.69) is 5.32 Å². The largest absolute Gasteiger partial charge is 0.340 e. The molecule has 3 aliphatic carbocycles. The number of nitrogens with one attached hydrogen (secondary N) is 1. The molecule has 4 rings (SSSR count). The molecule has 20 heavy (non-hydrogen) atoms. The third kappa shape index (κ3) is 2.04. The van der Waals surface area contributed by atoms with Crippen LogP contribution >= 0.6 is 0 Å². The van der Waals surface area contributed by atoms with Crippen LogP contribution in [0.4, 0.5) is 0 Å². The lowest BCUT2D eigenvalue weighted by Gasteiger charge is -2.48. The maximum absolute atomic E-state index is 13.1. The van der Waals surface area contributed by atoms with Crippen molar-refractivity contribution in [2.24, 2.45) is 11.8 Å². The highest BCUT2D eigenvalue weighted by atomic mass is 16.2. The van der Waals surface area contributed by atoms with Gasteiger partial charge in [-0.15, -0.1) is 0 Å². The van der Waals surface area contributed by atoms with Gasteiger partial charge in [0, 0.05) is 6.54 Å². The van der Waals surface area contributed by atoms with Crippen molar-refractivity contribution in [1.82, 2.24) is 10.2 Å². The molecule has 1 saturated heterocycles. The van der Waals surface area contributed by atoms with Crippen molar-refractivity contribution in [3.63, 3.8) is 0 Å². The van der Waals surface area contributed by atoms with Crippen LogP contribution in [0.2, 0.25) is 0 Å². The molecular weight excluding hydrogens is 252 g/mol. The summed E-state index contributed by atoms with van der Waals surface area (Å²) >= 11 is 0. The summed E-state index contributed by atoms with van der Waals surface area (Å²) in [7, 11) is 0. The van der Waals surface area contributed by atoms with Gasteiger partial charge in [0.2, 0.25) is 11.8 Å². The first-order valence-electron chi connectivity index (χ1n) is 8.33. The molecule has 4 aliphatic rings. The number of carbonyl (C=O) groups excluding carboxylic acids is 2. The van der Waals surface area contributed by atoms with E-state index in [4.69, 9.17) is 0 Å². The number of hydrogen-bond acceptors (Lipinski definition) is 2. The second-order valence-corrected chi connectivity index (χ2v) is 7.32. The molecule has 0 radical (unpaired) electrons. The van der Waals surface area contributed by atoms with E-state index in [0.717, 1.165) is 45.1 Å². The zero-order valence-electron chi connectivity index (χ0n) is 12.1. The van der Waals surface area contributed by atoms with Gasteiger partial charge in [-0.25, -0.2) is 0 Å². The molecule has 110 valence electrons. The fourth-order valence-electron chi connectivity index (χ4n) is 4.06. The van der Waals surface area contributed by atoms with Gasteiger partial charge in [0.15, 0.2) is 0 Å². The first-order chi connectivity index (χ1) is 9.70. The van der Waals surface area contributed by atoms with Crippen LogP contribution in [0.15, 0.2) is 0 Å². The van der Waals surface area contributed by atoms with E-state index in [1.54, 1.807) is 0 Å². The second-order valence-electron chi connectivity index (χ2n) is 7.32. The molecule has 0 aromatic heterocycles. The molecule has 0 aromatic rings. The van der Waals surface area contributed by atoms with Crippen LogP contribution < -0.4 is 5.32 Å². The second kappa shape index (κ2) is 4.47. The average Bonchev–Trinajstić information content (AvgIpc) is 3.31. The van der Waals surface area contributed by atoms with E-state index in [0.29, 0.717) is 11.8 Å². The van der Waals surface area contributed by atoms with Gasteiger partial charge in [-0.05, 0) is 50.4 Å². The van der Waals surface area contributed by atoms with E-state index >= 15 is 0 Å². The zero-order chi connectivity index (χ0) is 13.7. The van der Waals surface area contributed by atoms with E-state index in [1.807, 2.05) is 4.90 Å². The van der Waals surface area contributed by atoms with Crippen LogP contribution in [0.3, 0.4) is 0 Å². The first-order valence-corrected chi connectivity index (χ1v) is 8.33. The van der Waals surface area contributed by atoms with Crippen LogP contribution in [0.1, 0.15) is 57.8 Å². The van der Waals surface area contributed by atoms with Crippen LogP contribution in [-0.2, 0) is 9.59 Å². The Morgan fingerprint density at radius 3 is 2.35 bits per heavy atom. The highest BCUT2D eigenvalue weighted by molar-refractivity contribution is 6.00. The third-order valence-electron chi connectivity index (χ3n) is 5.56. The maximum atomic E-state index is 13.1. The van der Waals surface area contributed by atoms with Crippen LogP contribution in [0.5, 0.6) is 0 Å². The SMILES string of the molecule is O=C1NC2(CCCCC2)C(=O)N(CC2CC2)C1C1CC1. The van der Waals surface area contributed by atoms with E-state index < -0.39 is 5.54 Å². The van der Waals surface area contributed by atoms with E-state index in [9.17, 15) is 9.59 Å². The standard InChI is InChI=1S/C16H24N2O2/c19-14-13(12-6-7-12)18(10-11-4-5-11)15(20)16(17-14)8-2-1-3-9-16/h11-13H,1-10H2,(H,17,19). The lowest BCUT2D eigenvalue weighted by atomic mass is 9.78. The molecule has 3 saturated carbocycles. The summed E-state index contributed by atoms with van der Waals surface area (Å²) in [5, 5.41) is 3.15. The molecular formula is C16H24N2O2. The highest BCUT2D eigenvalue weighted by Crippen LogP contribution is 2.43. The lowest BCUT2D eigenvalue weighted by Crippen LogP contribution is -2.71. The minimum atomic E-state index is -0.546. The number of carbonyl (C=O) groups is 2. The van der Waals surface area contributed by atoms with Crippen molar-refractivity contribution >= 4 is 11.8 Å². The Morgan fingerprint density at radius 1 is 1.05 bits per heavy atom. The van der Waals surface area contributed by atoms with Gasteiger partial charge < -0.3 is 10.2 Å². The maximum Gasteiger partial charge on any atom is 0.249 e. The molecule has 1 aliphatic heterocycles. The molecule has 1 unspecified atom stereocenters. The van der Waals surface area contributed by atoms with Gasteiger partial charge in [-0.1, -0.05) is 19.3 Å². The summed E-state index contributed by atoms with van der Waals surface area (Å²) in [6, 6.07) is -0.157. The minimum Gasteiger partial charge on any atom is -0.340 e. The topological polar surface area (TPSA) is 49.4 Å². The number of hydrogen-bond donors (Lipinski definition) is 1. The first kappa shape index (κ1) is 12.7. The Labute approximate surface area is 120 Å². The quantitative estimate of drug-likeness (QED) is 0.855. The van der Waals surface area contributed by atoms with Crippen molar-refractivity contribution in [2.75, 3.05) is 6.54 Å². The Bertz CT molecular complexity index is 434. The van der Waals surface area contributed by atoms with Crippen molar-refractivity contribution in [2.45, 2.75) is 69.4 Å².